The Kier molecular flexibility index (Phi) is 4.51. The smallest absolute Gasteiger partial charge is 0.217 e. The molecule has 0 atom stereocenters. The van der Waals surface area contributed by atoms with Crippen molar-refractivity contribution in [2.45, 2.75) is 45.4 Å². The Balaban J connectivity index is 1.54. The number of hydrogen-bond acceptors (Lipinski definition) is 3. The van der Waals surface area contributed by atoms with Gasteiger partial charge in [-0.05, 0) is 25.3 Å². The van der Waals surface area contributed by atoms with Gasteiger partial charge < -0.3 is 4.18 Å². The Morgan fingerprint density at radius 1 is 1.30 bits per heavy atom. The van der Waals surface area contributed by atoms with Crippen LogP contribution in [0, 0.1) is 12.8 Å². The van der Waals surface area contributed by atoms with Crippen LogP contribution in [0.15, 0.2) is 24.7 Å². The second kappa shape index (κ2) is 6.53. The van der Waals surface area contributed by atoms with E-state index in [2.05, 4.69) is 24.0 Å². The van der Waals surface area contributed by atoms with Crippen molar-refractivity contribution in [1.82, 2.24) is 9.38 Å². The minimum absolute atomic E-state index is 0.911. The van der Waals surface area contributed by atoms with Crippen LogP contribution in [0.5, 0.6) is 5.88 Å². The predicted octanol–water partition coefficient (Wildman–Crippen LogP) is 4.64. The van der Waals surface area contributed by atoms with Gasteiger partial charge in [-0.2, -0.15) is 0 Å². The summed E-state index contributed by atoms with van der Waals surface area (Å²) in [5, 5.41) is 0. The van der Waals surface area contributed by atoms with Gasteiger partial charge in [0.25, 0.3) is 0 Å². The molecule has 1 aliphatic carbocycles. The minimum atomic E-state index is 0.911. The average molecular weight is 290 g/mol. The van der Waals surface area contributed by atoms with E-state index in [0.29, 0.717) is 0 Å². The highest BCUT2D eigenvalue weighted by molar-refractivity contribution is 7.95. The lowest BCUT2D eigenvalue weighted by atomic mass is 9.88. The molecule has 0 aromatic carbocycles. The first-order valence-corrected chi connectivity index (χ1v) is 8.47. The molecule has 0 amide bonds. The van der Waals surface area contributed by atoms with Gasteiger partial charge in [-0.3, -0.25) is 4.40 Å². The molecule has 4 heteroatoms. The first-order valence-electron chi connectivity index (χ1n) is 7.56. The summed E-state index contributed by atoms with van der Waals surface area (Å²) >= 11 is 1.58. The quantitative estimate of drug-likeness (QED) is 0.593. The van der Waals surface area contributed by atoms with E-state index in [0.717, 1.165) is 28.6 Å². The molecule has 0 spiro atoms. The fourth-order valence-corrected chi connectivity index (χ4v) is 3.80. The highest BCUT2D eigenvalue weighted by atomic mass is 32.2. The second-order valence-corrected chi connectivity index (χ2v) is 6.52. The fourth-order valence-electron chi connectivity index (χ4n) is 2.96. The number of fused-ring (bicyclic) bond motifs is 1. The van der Waals surface area contributed by atoms with Crippen LogP contribution < -0.4 is 4.18 Å². The van der Waals surface area contributed by atoms with Gasteiger partial charge in [0.1, 0.15) is 6.33 Å². The van der Waals surface area contributed by atoms with E-state index < -0.39 is 0 Å². The maximum absolute atomic E-state index is 5.94. The molecule has 108 valence electrons. The van der Waals surface area contributed by atoms with E-state index in [-0.39, 0.29) is 0 Å². The third-order valence-electron chi connectivity index (χ3n) is 4.20. The number of nitrogens with zero attached hydrogens (tertiary/aromatic N) is 2. The fraction of sp³-hybridized carbons (Fsp3) is 0.562. The summed E-state index contributed by atoms with van der Waals surface area (Å²) in [5.41, 5.74) is 2.24. The van der Waals surface area contributed by atoms with E-state index in [1.807, 2.05) is 16.9 Å². The SMILES string of the molecule is Cc1ccc2cncn2c1OSCCC1CCCCC1. The molecule has 1 aliphatic rings. The lowest BCUT2D eigenvalue weighted by Crippen LogP contribution is -2.07. The normalized spacial score (nSPS) is 16.6. The van der Waals surface area contributed by atoms with Gasteiger partial charge in [0.2, 0.25) is 5.88 Å². The van der Waals surface area contributed by atoms with Crippen molar-refractivity contribution in [1.29, 1.82) is 0 Å². The molecule has 0 saturated heterocycles. The van der Waals surface area contributed by atoms with E-state index in [1.165, 1.54) is 38.5 Å². The molecule has 0 unspecified atom stereocenters. The first-order chi connectivity index (χ1) is 9.84. The zero-order valence-electron chi connectivity index (χ0n) is 12.0. The lowest BCUT2D eigenvalue weighted by molar-refractivity contribution is 0.351. The molecule has 0 radical (unpaired) electrons. The highest BCUT2D eigenvalue weighted by Crippen LogP contribution is 2.29. The van der Waals surface area contributed by atoms with Gasteiger partial charge >= 0.3 is 0 Å². The number of aromatic nitrogens is 2. The Hall–Kier alpha value is -1.16. The Bertz CT molecular complexity index is 561. The number of aryl methyl sites for hydroxylation is 1. The predicted molar refractivity (Wildman–Crippen MR) is 84.2 cm³/mol. The zero-order chi connectivity index (χ0) is 13.8. The van der Waals surface area contributed by atoms with Crippen LogP contribution in [0.1, 0.15) is 44.1 Å². The van der Waals surface area contributed by atoms with Crippen LogP contribution in [0.2, 0.25) is 0 Å². The maximum Gasteiger partial charge on any atom is 0.217 e. The summed E-state index contributed by atoms with van der Waals surface area (Å²) in [4.78, 5) is 4.18. The maximum atomic E-state index is 5.94. The van der Waals surface area contributed by atoms with Gasteiger partial charge in [-0.15, -0.1) is 0 Å². The van der Waals surface area contributed by atoms with Crippen molar-refractivity contribution >= 4 is 17.6 Å². The Labute approximate surface area is 124 Å². The summed E-state index contributed by atoms with van der Waals surface area (Å²) in [6.45, 7) is 2.08. The molecule has 2 aromatic heterocycles. The summed E-state index contributed by atoms with van der Waals surface area (Å²) in [6.07, 6.45) is 12.1. The molecule has 3 rings (SSSR count). The third kappa shape index (κ3) is 3.11. The van der Waals surface area contributed by atoms with Crippen LogP contribution in [-0.2, 0) is 0 Å². The average Bonchev–Trinajstić information content (AvgIpc) is 2.95. The Morgan fingerprint density at radius 3 is 3.00 bits per heavy atom. The summed E-state index contributed by atoms with van der Waals surface area (Å²) in [5.74, 6) is 2.91. The second-order valence-electron chi connectivity index (χ2n) is 5.71. The topological polar surface area (TPSA) is 26.5 Å². The summed E-state index contributed by atoms with van der Waals surface area (Å²) in [7, 11) is 0. The van der Waals surface area contributed by atoms with E-state index >= 15 is 0 Å². The van der Waals surface area contributed by atoms with Crippen LogP contribution in [-0.4, -0.2) is 15.1 Å². The van der Waals surface area contributed by atoms with Crippen molar-refractivity contribution in [2.75, 3.05) is 5.75 Å². The molecule has 1 fully saturated rings. The molecule has 2 aromatic rings. The van der Waals surface area contributed by atoms with Crippen LogP contribution in [0.25, 0.3) is 5.52 Å². The van der Waals surface area contributed by atoms with Crippen LogP contribution in [0.4, 0.5) is 0 Å². The molecule has 2 heterocycles. The first kappa shape index (κ1) is 13.8. The van der Waals surface area contributed by atoms with Gasteiger partial charge in [-0.25, -0.2) is 4.98 Å². The summed E-state index contributed by atoms with van der Waals surface area (Å²) in [6, 6.07) is 4.16. The van der Waals surface area contributed by atoms with E-state index in [9.17, 15) is 0 Å². The molecule has 3 nitrogen and oxygen atoms in total. The van der Waals surface area contributed by atoms with Crippen molar-refractivity contribution in [2.24, 2.45) is 5.92 Å². The van der Waals surface area contributed by atoms with Crippen LogP contribution >= 0.6 is 12.0 Å². The third-order valence-corrected chi connectivity index (χ3v) is 4.88. The number of pyridine rings is 1. The summed E-state index contributed by atoms with van der Waals surface area (Å²) < 4.78 is 7.96. The van der Waals surface area contributed by atoms with Crippen molar-refractivity contribution < 1.29 is 4.18 Å². The largest absolute Gasteiger partial charge is 0.407 e. The minimum Gasteiger partial charge on any atom is -0.407 e. The zero-order valence-corrected chi connectivity index (χ0v) is 12.9. The van der Waals surface area contributed by atoms with Crippen molar-refractivity contribution in [3.8, 4) is 5.88 Å². The van der Waals surface area contributed by atoms with Gasteiger partial charge in [-0.1, -0.05) is 38.2 Å². The van der Waals surface area contributed by atoms with Gasteiger partial charge in [0.05, 0.1) is 23.8 Å². The molecule has 0 bridgehead atoms. The highest BCUT2D eigenvalue weighted by Gasteiger charge is 2.13. The van der Waals surface area contributed by atoms with E-state index in [1.54, 1.807) is 12.0 Å². The molecule has 0 aliphatic heterocycles. The number of rotatable bonds is 5. The molecule has 1 saturated carbocycles. The number of imidazole rings is 1. The molecule has 0 N–H and O–H groups in total. The lowest BCUT2D eigenvalue weighted by Gasteiger charge is -2.20. The molecular formula is C16H22N2OS. The van der Waals surface area contributed by atoms with Gasteiger partial charge in [0, 0.05) is 11.3 Å². The number of hydrogen-bond donors (Lipinski definition) is 0. The van der Waals surface area contributed by atoms with E-state index in [4.69, 9.17) is 4.18 Å². The van der Waals surface area contributed by atoms with Crippen molar-refractivity contribution in [3.63, 3.8) is 0 Å². The van der Waals surface area contributed by atoms with Crippen molar-refractivity contribution in [3.05, 3.63) is 30.2 Å². The molecular weight excluding hydrogens is 268 g/mol. The van der Waals surface area contributed by atoms with Gasteiger partial charge in [0.15, 0.2) is 0 Å². The molecule has 20 heavy (non-hydrogen) atoms. The Morgan fingerprint density at radius 2 is 2.15 bits per heavy atom. The standard InChI is InChI=1S/C16H22N2OS/c1-13-7-8-15-11-17-12-18(15)16(13)19-20-10-9-14-5-3-2-4-6-14/h7-8,11-12,14H,2-6,9-10H2,1H3. The van der Waals surface area contributed by atoms with Crippen LogP contribution in [0.3, 0.4) is 0 Å². The monoisotopic (exact) mass is 290 g/mol.